The zero-order chi connectivity index (χ0) is 16.2. The minimum absolute atomic E-state index is 0.238. The number of rotatable bonds is 4. The molecular formula is C17H19ClN2O2. The number of carbonyl (C=O) groups excluding carboxylic acids is 1. The van der Waals surface area contributed by atoms with E-state index in [4.69, 9.17) is 16.3 Å². The number of nitrogens with zero attached hydrogens (tertiary/aromatic N) is 1. The maximum atomic E-state index is 12.2. The second kappa shape index (κ2) is 6.79. The van der Waals surface area contributed by atoms with E-state index in [9.17, 15) is 4.79 Å². The van der Waals surface area contributed by atoms with Crippen molar-refractivity contribution >= 4 is 17.5 Å². The molecule has 2 aromatic rings. The predicted molar refractivity (Wildman–Crippen MR) is 87.2 cm³/mol. The number of nitrogens with one attached hydrogen (secondary N) is 1. The lowest BCUT2D eigenvalue weighted by atomic mass is 10.1. The standard InChI is InChI=1S/C17H19ClN2O2/c1-17(2,3)22-15-7-5-4-6-12(15)10-20-16(21)13-8-9-19-11-14(13)18/h4-9,11H,10H2,1-3H3,(H,20,21). The van der Waals surface area contributed by atoms with Gasteiger partial charge >= 0.3 is 0 Å². The van der Waals surface area contributed by atoms with Crippen LogP contribution in [0.2, 0.25) is 5.02 Å². The number of hydrogen-bond donors (Lipinski definition) is 1. The topological polar surface area (TPSA) is 51.2 Å². The summed E-state index contributed by atoms with van der Waals surface area (Å²) in [7, 11) is 0. The molecule has 0 saturated heterocycles. The Morgan fingerprint density at radius 2 is 2.00 bits per heavy atom. The van der Waals surface area contributed by atoms with E-state index < -0.39 is 0 Å². The molecule has 0 atom stereocenters. The molecule has 1 amide bonds. The Hall–Kier alpha value is -2.07. The first-order valence-corrected chi connectivity index (χ1v) is 7.39. The minimum atomic E-state index is -0.297. The van der Waals surface area contributed by atoms with Gasteiger partial charge in [-0.3, -0.25) is 9.78 Å². The summed E-state index contributed by atoms with van der Waals surface area (Å²) < 4.78 is 5.91. The summed E-state index contributed by atoms with van der Waals surface area (Å²) in [6.07, 6.45) is 2.99. The molecule has 5 heteroatoms. The third kappa shape index (κ3) is 4.46. The summed E-state index contributed by atoms with van der Waals surface area (Å²) in [5, 5.41) is 3.18. The van der Waals surface area contributed by atoms with Crippen LogP contribution in [0.1, 0.15) is 36.7 Å². The molecule has 0 bridgehead atoms. The van der Waals surface area contributed by atoms with E-state index in [0.717, 1.165) is 11.3 Å². The molecule has 0 aliphatic carbocycles. The summed E-state index contributed by atoms with van der Waals surface area (Å²) in [5.41, 5.74) is 1.02. The fourth-order valence-electron chi connectivity index (χ4n) is 1.91. The molecule has 0 spiro atoms. The smallest absolute Gasteiger partial charge is 0.253 e. The van der Waals surface area contributed by atoms with Crippen molar-refractivity contribution in [2.45, 2.75) is 32.9 Å². The maximum Gasteiger partial charge on any atom is 0.253 e. The van der Waals surface area contributed by atoms with Crippen LogP contribution >= 0.6 is 11.6 Å². The van der Waals surface area contributed by atoms with Gasteiger partial charge in [-0.2, -0.15) is 0 Å². The third-order valence-electron chi connectivity index (χ3n) is 2.85. The van der Waals surface area contributed by atoms with Crippen molar-refractivity contribution in [3.05, 3.63) is 58.9 Å². The van der Waals surface area contributed by atoms with Crippen LogP contribution in [0, 0.1) is 0 Å². The molecule has 1 aromatic heterocycles. The SMILES string of the molecule is CC(C)(C)Oc1ccccc1CNC(=O)c1ccncc1Cl. The number of benzene rings is 1. The largest absolute Gasteiger partial charge is 0.488 e. The number of halogens is 1. The van der Waals surface area contributed by atoms with Gasteiger partial charge in [0, 0.05) is 24.5 Å². The maximum absolute atomic E-state index is 12.2. The summed E-state index contributed by atoms with van der Waals surface area (Å²) in [5.74, 6) is 0.522. The molecule has 2 rings (SSSR count). The number of para-hydroxylation sites is 1. The molecule has 1 heterocycles. The van der Waals surface area contributed by atoms with E-state index in [0.29, 0.717) is 17.1 Å². The average Bonchev–Trinajstić information content (AvgIpc) is 2.45. The molecule has 0 unspecified atom stereocenters. The van der Waals surface area contributed by atoms with Crippen LogP contribution in [0.4, 0.5) is 0 Å². The van der Waals surface area contributed by atoms with Crippen molar-refractivity contribution in [1.82, 2.24) is 10.3 Å². The van der Waals surface area contributed by atoms with Crippen molar-refractivity contribution in [3.63, 3.8) is 0 Å². The fourth-order valence-corrected chi connectivity index (χ4v) is 2.11. The molecule has 1 N–H and O–H groups in total. The Balaban J connectivity index is 2.09. The van der Waals surface area contributed by atoms with Gasteiger partial charge in [-0.1, -0.05) is 29.8 Å². The van der Waals surface area contributed by atoms with Crippen LogP contribution < -0.4 is 10.1 Å². The Bertz CT molecular complexity index is 666. The predicted octanol–water partition coefficient (Wildman–Crippen LogP) is 3.84. The molecular weight excluding hydrogens is 300 g/mol. The van der Waals surface area contributed by atoms with Gasteiger partial charge in [0.2, 0.25) is 0 Å². The molecule has 0 aliphatic rings. The highest BCUT2D eigenvalue weighted by atomic mass is 35.5. The first-order chi connectivity index (χ1) is 10.4. The van der Waals surface area contributed by atoms with Gasteiger partial charge in [0.05, 0.1) is 10.6 Å². The van der Waals surface area contributed by atoms with Crippen molar-refractivity contribution in [2.75, 3.05) is 0 Å². The van der Waals surface area contributed by atoms with Gasteiger partial charge < -0.3 is 10.1 Å². The van der Waals surface area contributed by atoms with Gasteiger partial charge in [0.15, 0.2) is 0 Å². The van der Waals surface area contributed by atoms with Gasteiger partial charge in [-0.15, -0.1) is 0 Å². The summed E-state index contributed by atoms with van der Waals surface area (Å²) in [6, 6.07) is 9.24. The normalized spacial score (nSPS) is 11.1. The number of ether oxygens (including phenoxy) is 1. The number of carbonyl (C=O) groups is 1. The molecule has 4 nitrogen and oxygen atoms in total. The van der Waals surface area contributed by atoms with Crippen LogP contribution in [-0.4, -0.2) is 16.5 Å². The third-order valence-corrected chi connectivity index (χ3v) is 3.15. The summed E-state index contributed by atoms with van der Waals surface area (Å²) >= 11 is 5.97. The second-order valence-corrected chi connectivity index (χ2v) is 6.27. The van der Waals surface area contributed by atoms with Crippen LogP contribution in [0.3, 0.4) is 0 Å². The lowest BCUT2D eigenvalue weighted by Gasteiger charge is -2.23. The lowest BCUT2D eigenvalue weighted by molar-refractivity contribution is 0.0949. The highest BCUT2D eigenvalue weighted by molar-refractivity contribution is 6.33. The first kappa shape index (κ1) is 16.3. The molecule has 0 radical (unpaired) electrons. The Kier molecular flexibility index (Phi) is 5.03. The van der Waals surface area contributed by atoms with Gasteiger partial charge in [-0.25, -0.2) is 0 Å². The van der Waals surface area contributed by atoms with E-state index in [1.165, 1.54) is 12.4 Å². The van der Waals surface area contributed by atoms with E-state index in [-0.39, 0.29) is 11.5 Å². The minimum Gasteiger partial charge on any atom is -0.488 e. The van der Waals surface area contributed by atoms with Crippen LogP contribution in [0.5, 0.6) is 5.75 Å². The molecule has 0 fully saturated rings. The number of aromatic nitrogens is 1. The van der Waals surface area contributed by atoms with Gasteiger partial charge in [0.1, 0.15) is 11.4 Å². The fraction of sp³-hybridized carbons (Fsp3) is 0.294. The zero-order valence-corrected chi connectivity index (χ0v) is 13.6. The number of hydrogen-bond acceptors (Lipinski definition) is 3. The van der Waals surface area contributed by atoms with Crippen molar-refractivity contribution in [2.24, 2.45) is 0 Å². The molecule has 0 saturated carbocycles. The lowest BCUT2D eigenvalue weighted by Crippen LogP contribution is -2.26. The Morgan fingerprint density at radius 3 is 2.68 bits per heavy atom. The number of amides is 1. The Labute approximate surface area is 135 Å². The summed E-state index contributed by atoms with van der Waals surface area (Å²) in [6.45, 7) is 6.32. The molecule has 116 valence electrons. The zero-order valence-electron chi connectivity index (χ0n) is 12.9. The molecule has 0 aliphatic heterocycles. The highest BCUT2D eigenvalue weighted by Gasteiger charge is 2.15. The van der Waals surface area contributed by atoms with Crippen molar-refractivity contribution in [3.8, 4) is 5.75 Å². The van der Waals surface area contributed by atoms with Gasteiger partial charge in [0.25, 0.3) is 5.91 Å². The monoisotopic (exact) mass is 318 g/mol. The molecule has 1 aromatic carbocycles. The highest BCUT2D eigenvalue weighted by Crippen LogP contribution is 2.23. The average molecular weight is 319 g/mol. The van der Waals surface area contributed by atoms with E-state index in [1.54, 1.807) is 6.07 Å². The first-order valence-electron chi connectivity index (χ1n) is 7.01. The van der Waals surface area contributed by atoms with Crippen LogP contribution in [0.25, 0.3) is 0 Å². The van der Waals surface area contributed by atoms with Crippen molar-refractivity contribution in [1.29, 1.82) is 0 Å². The van der Waals surface area contributed by atoms with Crippen molar-refractivity contribution < 1.29 is 9.53 Å². The Morgan fingerprint density at radius 1 is 1.27 bits per heavy atom. The van der Waals surface area contributed by atoms with Crippen LogP contribution in [-0.2, 0) is 6.54 Å². The van der Waals surface area contributed by atoms with E-state index in [1.807, 2.05) is 45.0 Å². The van der Waals surface area contributed by atoms with E-state index in [2.05, 4.69) is 10.3 Å². The summed E-state index contributed by atoms with van der Waals surface area (Å²) in [4.78, 5) is 16.0. The quantitative estimate of drug-likeness (QED) is 0.931. The van der Waals surface area contributed by atoms with Crippen LogP contribution in [0.15, 0.2) is 42.7 Å². The second-order valence-electron chi connectivity index (χ2n) is 5.86. The molecule has 22 heavy (non-hydrogen) atoms. The van der Waals surface area contributed by atoms with E-state index >= 15 is 0 Å². The van der Waals surface area contributed by atoms with Gasteiger partial charge in [-0.05, 0) is 32.9 Å². The number of pyridine rings is 1.